The van der Waals surface area contributed by atoms with Gasteiger partial charge in [0.15, 0.2) is 5.82 Å². The molecule has 0 saturated heterocycles. The van der Waals surface area contributed by atoms with Gasteiger partial charge < -0.3 is 10.6 Å². The molecule has 0 aliphatic rings. The van der Waals surface area contributed by atoms with Crippen molar-refractivity contribution in [3.05, 3.63) is 108 Å². The van der Waals surface area contributed by atoms with E-state index in [0.29, 0.717) is 23.8 Å². The van der Waals surface area contributed by atoms with Crippen molar-refractivity contribution in [2.45, 2.75) is 26.8 Å². The molecule has 4 rings (SSSR count). The molecule has 0 saturated carbocycles. The molecular formula is C30H33N5O. The van der Waals surface area contributed by atoms with Crippen LogP contribution < -0.4 is 10.6 Å². The molecule has 0 atom stereocenters. The molecule has 0 unspecified atom stereocenters. The molecule has 6 nitrogen and oxygen atoms in total. The number of aromatic nitrogens is 2. The average molecular weight is 480 g/mol. The van der Waals surface area contributed by atoms with Crippen molar-refractivity contribution in [1.29, 1.82) is 0 Å². The smallest absolute Gasteiger partial charge is 0.251 e. The summed E-state index contributed by atoms with van der Waals surface area (Å²) in [6.45, 7) is 7.69. The Morgan fingerprint density at radius 1 is 0.944 bits per heavy atom. The largest absolute Gasteiger partial charge is 0.352 e. The van der Waals surface area contributed by atoms with Gasteiger partial charge in [-0.25, -0.2) is 9.97 Å². The predicted molar refractivity (Wildman–Crippen MR) is 146 cm³/mol. The molecule has 0 aliphatic carbocycles. The van der Waals surface area contributed by atoms with Crippen LogP contribution in [0.1, 0.15) is 34.8 Å². The van der Waals surface area contributed by atoms with Crippen LogP contribution in [0, 0.1) is 6.92 Å². The number of hydrogen-bond donors (Lipinski definition) is 2. The average Bonchev–Trinajstić information content (AvgIpc) is 2.91. The molecule has 0 aliphatic heterocycles. The van der Waals surface area contributed by atoms with Crippen LogP contribution in [0.25, 0.3) is 11.4 Å². The third-order valence-electron chi connectivity index (χ3n) is 6.00. The highest BCUT2D eigenvalue weighted by Gasteiger charge is 2.09. The van der Waals surface area contributed by atoms with Gasteiger partial charge in [0, 0.05) is 42.6 Å². The summed E-state index contributed by atoms with van der Waals surface area (Å²) in [5.74, 6) is 1.26. The quantitative estimate of drug-likeness (QED) is 0.265. The number of carbonyl (C=O) groups excluding carboxylic acids is 1. The number of rotatable bonds is 11. The van der Waals surface area contributed by atoms with Crippen molar-refractivity contribution >= 4 is 17.4 Å². The first-order chi connectivity index (χ1) is 17.6. The molecule has 1 amide bonds. The molecule has 3 aromatic carbocycles. The zero-order chi connectivity index (χ0) is 25.2. The fourth-order valence-electron chi connectivity index (χ4n) is 3.95. The standard InChI is InChI=1S/C30H33N5O/c1-3-35(22-24-9-5-4-6-10-24)20-8-18-32-30(36)26-11-7-12-27(21-26)33-28-17-19-31-29(34-28)25-15-13-23(2)14-16-25/h4-7,9-17,19,21H,3,8,18,20,22H2,1-2H3,(H,32,36)(H,31,33,34). The first kappa shape index (κ1) is 25.1. The van der Waals surface area contributed by atoms with Crippen molar-refractivity contribution in [3.8, 4) is 11.4 Å². The highest BCUT2D eigenvalue weighted by Crippen LogP contribution is 2.20. The normalized spacial score (nSPS) is 10.9. The molecule has 0 fully saturated rings. The van der Waals surface area contributed by atoms with Crippen LogP contribution in [0.5, 0.6) is 0 Å². The molecule has 6 heteroatoms. The Kier molecular flexibility index (Phi) is 8.78. The van der Waals surface area contributed by atoms with Gasteiger partial charge in [0.1, 0.15) is 5.82 Å². The number of anilines is 2. The Morgan fingerprint density at radius 2 is 1.75 bits per heavy atom. The Bertz CT molecular complexity index is 1260. The summed E-state index contributed by atoms with van der Waals surface area (Å²) in [4.78, 5) is 24.2. The number of benzene rings is 3. The van der Waals surface area contributed by atoms with Crippen LogP contribution in [0.2, 0.25) is 0 Å². The minimum atomic E-state index is -0.0761. The first-order valence-corrected chi connectivity index (χ1v) is 12.4. The Hall–Kier alpha value is -4.03. The minimum absolute atomic E-state index is 0.0761. The second kappa shape index (κ2) is 12.6. The van der Waals surface area contributed by atoms with Gasteiger partial charge in [-0.15, -0.1) is 0 Å². The van der Waals surface area contributed by atoms with Crippen LogP contribution in [-0.2, 0) is 6.54 Å². The zero-order valence-corrected chi connectivity index (χ0v) is 20.9. The van der Waals surface area contributed by atoms with E-state index in [2.05, 4.69) is 63.6 Å². The van der Waals surface area contributed by atoms with E-state index in [1.807, 2.05) is 60.7 Å². The molecule has 184 valence electrons. The predicted octanol–water partition coefficient (Wildman–Crippen LogP) is 5.84. The fourth-order valence-corrected chi connectivity index (χ4v) is 3.95. The Morgan fingerprint density at radius 3 is 2.53 bits per heavy atom. The Balaban J connectivity index is 1.29. The van der Waals surface area contributed by atoms with Crippen LogP contribution in [-0.4, -0.2) is 40.4 Å². The van der Waals surface area contributed by atoms with Crippen molar-refractivity contribution in [1.82, 2.24) is 20.2 Å². The highest BCUT2D eigenvalue weighted by molar-refractivity contribution is 5.95. The van der Waals surface area contributed by atoms with Gasteiger partial charge in [-0.1, -0.05) is 73.2 Å². The summed E-state index contributed by atoms with van der Waals surface area (Å²) >= 11 is 0. The molecule has 0 radical (unpaired) electrons. The monoisotopic (exact) mass is 479 g/mol. The molecule has 0 spiro atoms. The number of nitrogens with one attached hydrogen (secondary N) is 2. The van der Waals surface area contributed by atoms with Crippen LogP contribution in [0.15, 0.2) is 91.1 Å². The topological polar surface area (TPSA) is 70.2 Å². The molecule has 36 heavy (non-hydrogen) atoms. The molecular weight excluding hydrogens is 446 g/mol. The zero-order valence-electron chi connectivity index (χ0n) is 20.9. The minimum Gasteiger partial charge on any atom is -0.352 e. The third-order valence-corrected chi connectivity index (χ3v) is 6.00. The first-order valence-electron chi connectivity index (χ1n) is 12.4. The number of aryl methyl sites for hydroxylation is 1. The number of amides is 1. The van der Waals surface area contributed by atoms with Gasteiger partial charge in [-0.3, -0.25) is 9.69 Å². The van der Waals surface area contributed by atoms with Crippen molar-refractivity contribution in [2.24, 2.45) is 0 Å². The number of nitrogens with zero attached hydrogens (tertiary/aromatic N) is 3. The van der Waals surface area contributed by atoms with E-state index in [0.717, 1.165) is 37.3 Å². The Labute approximate surface area is 213 Å². The van der Waals surface area contributed by atoms with E-state index < -0.39 is 0 Å². The maximum absolute atomic E-state index is 12.7. The molecule has 1 aromatic heterocycles. The van der Waals surface area contributed by atoms with E-state index in [1.165, 1.54) is 11.1 Å². The maximum atomic E-state index is 12.7. The molecule has 1 heterocycles. The lowest BCUT2D eigenvalue weighted by molar-refractivity contribution is 0.0951. The highest BCUT2D eigenvalue weighted by atomic mass is 16.1. The van der Waals surface area contributed by atoms with Crippen molar-refractivity contribution < 1.29 is 4.79 Å². The maximum Gasteiger partial charge on any atom is 0.251 e. The summed E-state index contributed by atoms with van der Waals surface area (Å²) < 4.78 is 0. The van der Waals surface area contributed by atoms with E-state index in [9.17, 15) is 4.79 Å². The van der Waals surface area contributed by atoms with E-state index in [-0.39, 0.29) is 5.91 Å². The SMILES string of the molecule is CCN(CCCNC(=O)c1cccc(Nc2ccnc(-c3ccc(C)cc3)n2)c1)Cc1ccccc1. The number of carbonyl (C=O) groups is 1. The molecule has 2 N–H and O–H groups in total. The third kappa shape index (κ3) is 7.23. The van der Waals surface area contributed by atoms with Crippen molar-refractivity contribution in [2.75, 3.05) is 25.0 Å². The molecule has 0 bridgehead atoms. The van der Waals surface area contributed by atoms with Gasteiger partial charge in [0.25, 0.3) is 5.91 Å². The lowest BCUT2D eigenvalue weighted by Crippen LogP contribution is -2.29. The summed E-state index contributed by atoms with van der Waals surface area (Å²) in [6.07, 6.45) is 2.63. The van der Waals surface area contributed by atoms with E-state index in [1.54, 1.807) is 6.20 Å². The van der Waals surface area contributed by atoms with Crippen molar-refractivity contribution in [3.63, 3.8) is 0 Å². The van der Waals surface area contributed by atoms with Gasteiger partial charge in [0.2, 0.25) is 0 Å². The van der Waals surface area contributed by atoms with Gasteiger partial charge in [0.05, 0.1) is 0 Å². The summed E-state index contributed by atoms with van der Waals surface area (Å²) in [5.41, 5.74) is 4.88. The lowest BCUT2D eigenvalue weighted by atomic mass is 10.1. The fraction of sp³-hybridized carbons (Fsp3) is 0.233. The summed E-state index contributed by atoms with van der Waals surface area (Å²) in [6, 6.07) is 27.9. The summed E-state index contributed by atoms with van der Waals surface area (Å²) in [7, 11) is 0. The number of hydrogen-bond acceptors (Lipinski definition) is 5. The van der Waals surface area contributed by atoms with Gasteiger partial charge >= 0.3 is 0 Å². The van der Waals surface area contributed by atoms with Crippen LogP contribution >= 0.6 is 0 Å². The molecule has 4 aromatic rings. The second-order valence-electron chi connectivity index (χ2n) is 8.80. The second-order valence-corrected chi connectivity index (χ2v) is 8.80. The van der Waals surface area contributed by atoms with E-state index >= 15 is 0 Å². The van der Waals surface area contributed by atoms with Gasteiger partial charge in [-0.2, -0.15) is 0 Å². The van der Waals surface area contributed by atoms with Crippen LogP contribution in [0.3, 0.4) is 0 Å². The van der Waals surface area contributed by atoms with Gasteiger partial charge in [-0.05, 0) is 49.7 Å². The van der Waals surface area contributed by atoms with Crippen LogP contribution in [0.4, 0.5) is 11.5 Å². The van der Waals surface area contributed by atoms with E-state index in [4.69, 9.17) is 0 Å². The lowest BCUT2D eigenvalue weighted by Gasteiger charge is -2.20. The summed E-state index contributed by atoms with van der Waals surface area (Å²) in [5, 5.41) is 6.35.